The summed E-state index contributed by atoms with van der Waals surface area (Å²) in [5.41, 5.74) is 1.16. The number of hydrogen-bond acceptors (Lipinski definition) is 10. The number of rotatable bonds is 11. The van der Waals surface area contributed by atoms with Gasteiger partial charge in [0.2, 0.25) is 0 Å². The van der Waals surface area contributed by atoms with E-state index in [-0.39, 0.29) is 28.5 Å². The van der Waals surface area contributed by atoms with E-state index in [0.717, 1.165) is 16.8 Å². The number of nitrogens with zero attached hydrogens (tertiary/aromatic N) is 1. The van der Waals surface area contributed by atoms with Crippen molar-refractivity contribution in [2.75, 3.05) is 31.9 Å². The molecule has 2 unspecified atom stereocenters. The van der Waals surface area contributed by atoms with Gasteiger partial charge in [0.15, 0.2) is 15.0 Å². The number of carbonyl (C=O) groups is 2. The number of esters is 1. The molecule has 214 valence electrons. The molecule has 0 bridgehead atoms. The van der Waals surface area contributed by atoms with Crippen LogP contribution in [0, 0.1) is 5.92 Å². The molecule has 12 heteroatoms. The highest BCUT2D eigenvalue weighted by Gasteiger charge is 2.29. The first-order valence-corrected chi connectivity index (χ1v) is 15.5. The van der Waals surface area contributed by atoms with Crippen LogP contribution in [-0.2, 0) is 36.9 Å². The summed E-state index contributed by atoms with van der Waals surface area (Å²) in [6.07, 6.45) is 2.69. The van der Waals surface area contributed by atoms with E-state index in [1.54, 1.807) is 44.4 Å². The van der Waals surface area contributed by atoms with Gasteiger partial charge in [-0.1, -0.05) is 0 Å². The molecule has 4 rings (SSSR count). The average molecular weight is 589 g/mol. The van der Waals surface area contributed by atoms with Crippen LogP contribution < -0.4 is 14.8 Å². The fourth-order valence-electron chi connectivity index (χ4n) is 4.28. The molecule has 1 aromatic heterocycles. The Morgan fingerprint density at radius 3 is 2.52 bits per heavy atom. The first-order chi connectivity index (χ1) is 19.0. The Hall–Kier alpha value is -3.48. The summed E-state index contributed by atoms with van der Waals surface area (Å²) in [5.74, 6) is 0.307. The van der Waals surface area contributed by atoms with Crippen molar-refractivity contribution >= 4 is 38.2 Å². The lowest BCUT2D eigenvalue weighted by Gasteiger charge is -2.18. The van der Waals surface area contributed by atoms with E-state index in [1.165, 1.54) is 23.5 Å². The number of carbonyl (C=O) groups excluding carboxylic acids is 2. The van der Waals surface area contributed by atoms with Crippen molar-refractivity contribution < 1.29 is 37.0 Å². The number of ether oxygens (including phenoxy) is 4. The van der Waals surface area contributed by atoms with Crippen LogP contribution in [0.25, 0.3) is 0 Å². The number of nitrogens with one attached hydrogen (secondary N) is 1. The van der Waals surface area contributed by atoms with E-state index in [4.69, 9.17) is 18.9 Å². The molecule has 1 heterocycles. The molecule has 0 saturated carbocycles. The van der Waals surface area contributed by atoms with Gasteiger partial charge in [0.25, 0.3) is 5.91 Å². The maximum Gasteiger partial charge on any atom is 0.309 e. The zero-order valence-electron chi connectivity index (χ0n) is 22.8. The standard InChI is InChI=1S/C28H32N2O8S2/c1-5-36-27(32)18-6-11-24-25(14-18)39-28(29-24)30-26(31)19-12-21(37-17(2)16-35-3)15-22(13-19)38-20-7-9-23(10-8-20)40(4,33)34/h7-10,12-13,15,17-18H,5-6,11,14,16H2,1-4H3,(H,29,30,31). The van der Waals surface area contributed by atoms with Gasteiger partial charge in [-0.25, -0.2) is 13.4 Å². The third-order valence-corrected chi connectivity index (χ3v) is 8.31. The topological polar surface area (TPSA) is 130 Å². The van der Waals surface area contributed by atoms with Gasteiger partial charge in [-0.2, -0.15) is 0 Å². The molecule has 2 aromatic carbocycles. The van der Waals surface area contributed by atoms with Crippen molar-refractivity contribution in [3.05, 3.63) is 58.6 Å². The molecule has 0 spiro atoms. The monoisotopic (exact) mass is 588 g/mol. The van der Waals surface area contributed by atoms with Crippen LogP contribution >= 0.6 is 11.3 Å². The smallest absolute Gasteiger partial charge is 0.309 e. The summed E-state index contributed by atoms with van der Waals surface area (Å²) in [4.78, 5) is 31.2. The SMILES string of the molecule is CCOC(=O)C1CCc2nc(NC(=O)c3cc(Oc4ccc(S(C)(=O)=O)cc4)cc(OC(C)COC)c3)sc2C1. The third-order valence-electron chi connectivity index (χ3n) is 6.15. The van der Waals surface area contributed by atoms with Gasteiger partial charge in [0, 0.05) is 29.9 Å². The van der Waals surface area contributed by atoms with Crippen molar-refractivity contribution in [3.8, 4) is 17.2 Å². The molecule has 0 saturated heterocycles. The minimum atomic E-state index is -3.35. The Kier molecular flexibility index (Phi) is 9.44. The highest BCUT2D eigenvalue weighted by Crippen LogP contribution is 2.34. The lowest BCUT2D eigenvalue weighted by molar-refractivity contribution is -0.148. The van der Waals surface area contributed by atoms with E-state index >= 15 is 0 Å². The Morgan fingerprint density at radius 1 is 1.12 bits per heavy atom. The Bertz CT molecular complexity index is 1470. The zero-order chi connectivity index (χ0) is 28.9. The van der Waals surface area contributed by atoms with Crippen molar-refractivity contribution in [3.63, 3.8) is 0 Å². The Morgan fingerprint density at radius 2 is 1.85 bits per heavy atom. The fraction of sp³-hybridized carbons (Fsp3) is 0.393. The van der Waals surface area contributed by atoms with Crippen molar-refractivity contribution in [2.24, 2.45) is 5.92 Å². The summed E-state index contributed by atoms with van der Waals surface area (Å²) >= 11 is 1.35. The van der Waals surface area contributed by atoms with Crippen molar-refractivity contribution in [2.45, 2.75) is 44.1 Å². The summed E-state index contributed by atoms with van der Waals surface area (Å²) in [6, 6.07) is 10.8. The molecule has 2 atom stereocenters. The summed E-state index contributed by atoms with van der Waals surface area (Å²) < 4.78 is 45.8. The maximum absolute atomic E-state index is 13.3. The van der Waals surface area contributed by atoms with Gasteiger partial charge in [0.05, 0.1) is 29.7 Å². The van der Waals surface area contributed by atoms with Gasteiger partial charge in [-0.3, -0.25) is 14.9 Å². The number of methoxy groups -OCH3 is 1. The molecular formula is C28H32N2O8S2. The second kappa shape index (κ2) is 12.8. The Balaban J connectivity index is 1.54. The predicted octanol–water partition coefficient (Wildman–Crippen LogP) is 4.67. The zero-order valence-corrected chi connectivity index (χ0v) is 24.4. The molecule has 0 aliphatic heterocycles. The number of aryl methyl sites for hydroxylation is 1. The van der Waals surface area contributed by atoms with Crippen LogP contribution in [0.5, 0.6) is 17.2 Å². The van der Waals surface area contributed by atoms with Gasteiger partial charge in [-0.05, 0) is 69.5 Å². The molecule has 0 fully saturated rings. The van der Waals surface area contributed by atoms with E-state index in [1.807, 2.05) is 6.92 Å². The van der Waals surface area contributed by atoms with Crippen LogP contribution in [0.15, 0.2) is 47.4 Å². The van der Waals surface area contributed by atoms with Crippen LogP contribution in [0.2, 0.25) is 0 Å². The first kappa shape index (κ1) is 29.5. The number of benzene rings is 2. The fourth-order valence-corrected chi connectivity index (χ4v) is 5.99. The number of anilines is 1. The molecule has 1 amide bonds. The van der Waals surface area contributed by atoms with Crippen molar-refractivity contribution in [1.29, 1.82) is 0 Å². The molecule has 0 radical (unpaired) electrons. The largest absolute Gasteiger partial charge is 0.488 e. The highest BCUT2D eigenvalue weighted by molar-refractivity contribution is 7.90. The second-order valence-corrected chi connectivity index (χ2v) is 12.6. The molecule has 1 N–H and O–H groups in total. The molecular weight excluding hydrogens is 556 g/mol. The quantitative estimate of drug-likeness (QED) is 0.318. The number of amides is 1. The van der Waals surface area contributed by atoms with Gasteiger partial charge in [0.1, 0.15) is 23.4 Å². The van der Waals surface area contributed by atoms with E-state index in [2.05, 4.69) is 10.3 Å². The third kappa shape index (κ3) is 7.58. The lowest BCUT2D eigenvalue weighted by atomic mass is 9.91. The van der Waals surface area contributed by atoms with E-state index in [0.29, 0.717) is 54.9 Å². The highest BCUT2D eigenvalue weighted by atomic mass is 32.2. The maximum atomic E-state index is 13.3. The molecule has 1 aliphatic carbocycles. The Labute approximate surface area is 237 Å². The molecule has 40 heavy (non-hydrogen) atoms. The summed E-state index contributed by atoms with van der Waals surface area (Å²) in [6.45, 7) is 4.31. The van der Waals surface area contributed by atoms with Gasteiger partial charge in [-0.15, -0.1) is 11.3 Å². The number of sulfone groups is 1. The molecule has 3 aromatic rings. The van der Waals surface area contributed by atoms with Gasteiger partial charge < -0.3 is 18.9 Å². The number of fused-ring (bicyclic) bond motifs is 1. The summed E-state index contributed by atoms with van der Waals surface area (Å²) in [5, 5.41) is 3.30. The normalized spacial score (nSPS) is 15.6. The number of aromatic nitrogens is 1. The van der Waals surface area contributed by atoms with E-state index < -0.39 is 15.7 Å². The van der Waals surface area contributed by atoms with Crippen LogP contribution in [0.4, 0.5) is 5.13 Å². The second-order valence-electron chi connectivity index (χ2n) is 9.46. The molecule has 10 nitrogen and oxygen atoms in total. The predicted molar refractivity (Wildman–Crippen MR) is 150 cm³/mol. The average Bonchev–Trinajstić information content (AvgIpc) is 3.30. The van der Waals surface area contributed by atoms with Gasteiger partial charge >= 0.3 is 5.97 Å². The van der Waals surface area contributed by atoms with Crippen LogP contribution in [0.1, 0.15) is 41.2 Å². The van der Waals surface area contributed by atoms with Crippen molar-refractivity contribution in [1.82, 2.24) is 4.98 Å². The number of thiazole rings is 1. The minimum absolute atomic E-state index is 0.171. The molecule has 1 aliphatic rings. The van der Waals surface area contributed by atoms with E-state index in [9.17, 15) is 18.0 Å². The summed E-state index contributed by atoms with van der Waals surface area (Å²) in [7, 11) is -1.78. The first-order valence-electron chi connectivity index (χ1n) is 12.8. The number of hydrogen-bond donors (Lipinski definition) is 1. The lowest BCUT2D eigenvalue weighted by Crippen LogP contribution is -2.24. The van der Waals surface area contributed by atoms with Crippen LogP contribution in [-0.4, -0.2) is 58.0 Å². The minimum Gasteiger partial charge on any atom is -0.488 e. The van der Waals surface area contributed by atoms with Crippen LogP contribution in [0.3, 0.4) is 0 Å².